The molecule has 3 nitrogen and oxygen atoms in total. The normalized spacial score (nSPS) is 30.7. The lowest BCUT2D eigenvalue weighted by atomic mass is 9.98. The molecule has 2 unspecified atom stereocenters. The first-order chi connectivity index (χ1) is 8.29. The molecule has 0 spiro atoms. The van der Waals surface area contributed by atoms with E-state index >= 15 is 0 Å². The van der Waals surface area contributed by atoms with E-state index in [4.69, 9.17) is 4.74 Å². The molecular formula is C14H28N2O. The molecule has 1 aliphatic heterocycles. The first-order valence-corrected chi connectivity index (χ1v) is 7.28. The van der Waals surface area contributed by atoms with Gasteiger partial charge < -0.3 is 15.0 Å². The van der Waals surface area contributed by atoms with E-state index in [0.29, 0.717) is 0 Å². The molecule has 2 aliphatic rings. The van der Waals surface area contributed by atoms with Crippen LogP contribution >= 0.6 is 0 Å². The van der Waals surface area contributed by atoms with Crippen LogP contribution in [0, 0.1) is 5.92 Å². The van der Waals surface area contributed by atoms with E-state index in [2.05, 4.69) is 24.2 Å². The fraction of sp³-hybridized carbons (Fsp3) is 1.00. The maximum Gasteiger partial charge on any atom is 0.0494 e. The zero-order valence-electron chi connectivity index (χ0n) is 11.5. The van der Waals surface area contributed by atoms with E-state index in [-0.39, 0.29) is 0 Å². The van der Waals surface area contributed by atoms with Gasteiger partial charge >= 0.3 is 0 Å². The maximum absolute atomic E-state index is 5.69. The molecule has 100 valence electrons. The molecule has 3 heteroatoms. The minimum Gasteiger partial charge on any atom is -0.381 e. The Bertz CT molecular complexity index is 218. The Morgan fingerprint density at radius 1 is 1.29 bits per heavy atom. The minimum atomic E-state index is 0.727. The van der Waals surface area contributed by atoms with Crippen LogP contribution < -0.4 is 5.32 Å². The number of piperidine rings is 1. The molecule has 2 atom stereocenters. The first kappa shape index (κ1) is 13.3. The van der Waals surface area contributed by atoms with Gasteiger partial charge in [-0.15, -0.1) is 0 Å². The van der Waals surface area contributed by atoms with Crippen LogP contribution in [0.3, 0.4) is 0 Å². The lowest BCUT2D eigenvalue weighted by Gasteiger charge is -2.37. The average Bonchev–Trinajstić information content (AvgIpc) is 3.14. The summed E-state index contributed by atoms with van der Waals surface area (Å²) >= 11 is 0. The molecule has 1 N–H and O–H groups in total. The molecule has 1 saturated carbocycles. The highest BCUT2D eigenvalue weighted by Crippen LogP contribution is 2.28. The molecule has 0 aromatic heterocycles. The number of ether oxygens (including phenoxy) is 1. The lowest BCUT2D eigenvalue weighted by molar-refractivity contribution is 0.0917. The summed E-state index contributed by atoms with van der Waals surface area (Å²) in [6.07, 6.45) is 6.58. The number of nitrogens with zero attached hydrogens (tertiary/aromatic N) is 1. The largest absolute Gasteiger partial charge is 0.381 e. The summed E-state index contributed by atoms with van der Waals surface area (Å²) in [5, 5.41) is 3.40. The molecule has 17 heavy (non-hydrogen) atoms. The third kappa shape index (κ3) is 4.57. The van der Waals surface area contributed by atoms with Crippen LogP contribution in [0.5, 0.6) is 0 Å². The Kier molecular flexibility index (Phi) is 5.26. The predicted molar refractivity (Wildman–Crippen MR) is 71.3 cm³/mol. The second kappa shape index (κ2) is 6.72. The van der Waals surface area contributed by atoms with Crippen molar-refractivity contribution in [1.29, 1.82) is 0 Å². The second-order valence-electron chi connectivity index (χ2n) is 5.77. The van der Waals surface area contributed by atoms with Gasteiger partial charge in [0.1, 0.15) is 0 Å². The summed E-state index contributed by atoms with van der Waals surface area (Å²) in [6, 6.07) is 1.46. The van der Waals surface area contributed by atoms with Gasteiger partial charge in [-0.05, 0) is 58.5 Å². The SMILES string of the molecule is CNC1CCN(CCCOCC2CC2)C(C)C1. The van der Waals surface area contributed by atoms with Gasteiger partial charge in [-0.25, -0.2) is 0 Å². The maximum atomic E-state index is 5.69. The molecule has 2 fully saturated rings. The van der Waals surface area contributed by atoms with Crippen molar-refractivity contribution in [2.24, 2.45) is 5.92 Å². The van der Waals surface area contributed by atoms with Crippen molar-refractivity contribution in [3.8, 4) is 0 Å². The molecule has 0 bridgehead atoms. The number of hydrogen-bond acceptors (Lipinski definition) is 3. The Balaban J connectivity index is 1.52. The van der Waals surface area contributed by atoms with E-state index < -0.39 is 0 Å². The molecule has 1 heterocycles. The number of likely N-dealkylation sites (tertiary alicyclic amines) is 1. The summed E-state index contributed by atoms with van der Waals surface area (Å²) in [6.45, 7) is 6.78. The van der Waals surface area contributed by atoms with Crippen molar-refractivity contribution in [1.82, 2.24) is 10.2 Å². The van der Waals surface area contributed by atoms with Gasteiger partial charge in [-0.1, -0.05) is 0 Å². The summed E-state index contributed by atoms with van der Waals surface area (Å²) in [5.74, 6) is 0.903. The Morgan fingerprint density at radius 3 is 2.76 bits per heavy atom. The molecule has 0 aromatic rings. The van der Waals surface area contributed by atoms with Crippen molar-refractivity contribution >= 4 is 0 Å². The number of hydrogen-bond donors (Lipinski definition) is 1. The zero-order valence-corrected chi connectivity index (χ0v) is 11.5. The van der Waals surface area contributed by atoms with E-state index in [1.54, 1.807) is 0 Å². The van der Waals surface area contributed by atoms with E-state index in [1.165, 1.54) is 45.2 Å². The first-order valence-electron chi connectivity index (χ1n) is 7.28. The van der Waals surface area contributed by atoms with E-state index in [1.807, 2.05) is 0 Å². The standard InChI is InChI=1S/C14H28N2O/c1-12-10-14(15-2)6-8-16(12)7-3-9-17-11-13-4-5-13/h12-15H,3-11H2,1-2H3. The molecule has 0 aromatic carbocycles. The summed E-state index contributed by atoms with van der Waals surface area (Å²) in [4.78, 5) is 2.62. The zero-order chi connectivity index (χ0) is 12.1. The van der Waals surface area contributed by atoms with Gasteiger partial charge in [0.15, 0.2) is 0 Å². The third-order valence-electron chi connectivity index (χ3n) is 4.21. The molecule has 0 amide bonds. The van der Waals surface area contributed by atoms with Crippen molar-refractivity contribution < 1.29 is 4.74 Å². The monoisotopic (exact) mass is 240 g/mol. The summed E-state index contributed by atoms with van der Waals surface area (Å²) in [7, 11) is 2.08. The lowest BCUT2D eigenvalue weighted by Crippen LogP contribution is -2.46. The van der Waals surface area contributed by atoms with Crippen LogP contribution in [0.2, 0.25) is 0 Å². The fourth-order valence-corrected chi connectivity index (χ4v) is 2.72. The highest BCUT2D eigenvalue weighted by molar-refractivity contribution is 4.81. The minimum absolute atomic E-state index is 0.727. The third-order valence-corrected chi connectivity index (χ3v) is 4.21. The highest BCUT2D eigenvalue weighted by atomic mass is 16.5. The topological polar surface area (TPSA) is 24.5 Å². The molecule has 1 saturated heterocycles. The van der Waals surface area contributed by atoms with Crippen molar-refractivity contribution in [2.75, 3.05) is 33.4 Å². The molecular weight excluding hydrogens is 212 g/mol. The van der Waals surface area contributed by atoms with Crippen LogP contribution in [-0.4, -0.2) is 50.3 Å². The van der Waals surface area contributed by atoms with Crippen LogP contribution in [0.15, 0.2) is 0 Å². The predicted octanol–water partition coefficient (Wildman–Crippen LogP) is 1.88. The summed E-state index contributed by atoms with van der Waals surface area (Å²) in [5.41, 5.74) is 0. The van der Waals surface area contributed by atoms with Crippen molar-refractivity contribution in [3.63, 3.8) is 0 Å². The molecule has 1 aliphatic carbocycles. The second-order valence-corrected chi connectivity index (χ2v) is 5.77. The Labute approximate surface area is 106 Å². The van der Waals surface area contributed by atoms with Gasteiger partial charge in [-0.2, -0.15) is 0 Å². The van der Waals surface area contributed by atoms with E-state index in [9.17, 15) is 0 Å². The van der Waals surface area contributed by atoms with Gasteiger partial charge in [0.2, 0.25) is 0 Å². The number of nitrogens with one attached hydrogen (secondary N) is 1. The van der Waals surface area contributed by atoms with Crippen LogP contribution in [-0.2, 0) is 4.74 Å². The summed E-state index contributed by atoms with van der Waals surface area (Å²) < 4.78 is 5.69. The van der Waals surface area contributed by atoms with Crippen LogP contribution in [0.25, 0.3) is 0 Å². The van der Waals surface area contributed by atoms with Gasteiger partial charge in [0.05, 0.1) is 0 Å². The smallest absolute Gasteiger partial charge is 0.0494 e. The molecule has 2 rings (SSSR count). The molecule has 0 radical (unpaired) electrons. The van der Waals surface area contributed by atoms with Crippen LogP contribution in [0.1, 0.15) is 39.0 Å². The Hall–Kier alpha value is -0.120. The quantitative estimate of drug-likeness (QED) is 0.688. The van der Waals surface area contributed by atoms with Crippen molar-refractivity contribution in [3.05, 3.63) is 0 Å². The average molecular weight is 240 g/mol. The van der Waals surface area contributed by atoms with Crippen molar-refractivity contribution in [2.45, 2.75) is 51.1 Å². The highest BCUT2D eigenvalue weighted by Gasteiger charge is 2.24. The van der Waals surface area contributed by atoms with E-state index in [0.717, 1.165) is 31.2 Å². The van der Waals surface area contributed by atoms with Gasteiger partial charge in [-0.3, -0.25) is 0 Å². The van der Waals surface area contributed by atoms with Crippen LogP contribution in [0.4, 0.5) is 0 Å². The Morgan fingerprint density at radius 2 is 2.12 bits per heavy atom. The fourth-order valence-electron chi connectivity index (χ4n) is 2.72. The van der Waals surface area contributed by atoms with Gasteiger partial charge in [0.25, 0.3) is 0 Å². The van der Waals surface area contributed by atoms with Gasteiger partial charge in [0, 0.05) is 31.8 Å². The number of rotatable bonds is 7.